The molecule has 2 unspecified atom stereocenters. The van der Waals surface area contributed by atoms with Crippen LogP contribution in [0.5, 0.6) is 11.5 Å². The number of nitrogens with one attached hydrogen (secondary N) is 1. The van der Waals surface area contributed by atoms with Crippen molar-refractivity contribution in [3.8, 4) is 11.5 Å². The number of carbonyl (C=O) groups excluding carboxylic acids is 1. The smallest absolute Gasteiger partial charge is 0.233 e. The fraction of sp³-hybridized carbons (Fsp3) is 0.316. The van der Waals surface area contributed by atoms with Gasteiger partial charge in [-0.25, -0.2) is 0 Å². The summed E-state index contributed by atoms with van der Waals surface area (Å²) < 4.78 is 10.7. The Bertz CT molecular complexity index is 721. The highest BCUT2D eigenvalue weighted by molar-refractivity contribution is 8.00. The van der Waals surface area contributed by atoms with Crippen molar-refractivity contribution in [2.45, 2.75) is 30.0 Å². The third-order valence-corrected chi connectivity index (χ3v) is 5.12. The molecule has 1 N–H and O–H groups in total. The van der Waals surface area contributed by atoms with Gasteiger partial charge in [-0.2, -0.15) is 0 Å². The van der Waals surface area contributed by atoms with Gasteiger partial charge in [0.1, 0.15) is 11.5 Å². The second kappa shape index (κ2) is 9.02. The van der Waals surface area contributed by atoms with Crippen molar-refractivity contribution in [2.24, 2.45) is 0 Å². The molecule has 0 aromatic heterocycles. The molecule has 2 aromatic carbocycles. The van der Waals surface area contributed by atoms with Gasteiger partial charge < -0.3 is 14.8 Å². The van der Waals surface area contributed by atoms with Crippen LogP contribution in [0.3, 0.4) is 0 Å². The number of halogens is 1. The third-order valence-electron chi connectivity index (χ3n) is 3.76. The SMILES string of the molecule is COc1ccc(OC)c(C(C)NC(=O)C(C)Sc2ccc(Cl)cc2)c1. The van der Waals surface area contributed by atoms with Crippen LogP contribution in [0.25, 0.3) is 0 Å². The van der Waals surface area contributed by atoms with Gasteiger partial charge in [0, 0.05) is 15.5 Å². The van der Waals surface area contributed by atoms with Crippen LogP contribution < -0.4 is 14.8 Å². The zero-order valence-electron chi connectivity index (χ0n) is 14.7. The van der Waals surface area contributed by atoms with Crippen LogP contribution in [0.1, 0.15) is 25.5 Å². The molecular formula is C19H22ClNO3S. The lowest BCUT2D eigenvalue weighted by atomic mass is 10.1. The van der Waals surface area contributed by atoms with E-state index in [2.05, 4.69) is 5.32 Å². The summed E-state index contributed by atoms with van der Waals surface area (Å²) in [6, 6.07) is 12.8. The predicted octanol–water partition coefficient (Wildman–Crippen LogP) is 4.72. The van der Waals surface area contributed by atoms with E-state index in [0.717, 1.165) is 16.2 Å². The molecule has 0 saturated carbocycles. The van der Waals surface area contributed by atoms with Gasteiger partial charge >= 0.3 is 0 Å². The maximum absolute atomic E-state index is 12.5. The second-order valence-electron chi connectivity index (χ2n) is 5.55. The number of methoxy groups -OCH3 is 2. The van der Waals surface area contributed by atoms with Crippen molar-refractivity contribution in [1.82, 2.24) is 5.32 Å². The zero-order valence-corrected chi connectivity index (χ0v) is 16.3. The Morgan fingerprint density at radius 3 is 2.36 bits per heavy atom. The Morgan fingerprint density at radius 2 is 1.76 bits per heavy atom. The van der Waals surface area contributed by atoms with Gasteiger partial charge in [-0.1, -0.05) is 11.6 Å². The second-order valence-corrected chi connectivity index (χ2v) is 7.40. The lowest BCUT2D eigenvalue weighted by molar-refractivity contribution is -0.120. The van der Waals surface area contributed by atoms with Gasteiger partial charge in [0.15, 0.2) is 0 Å². The summed E-state index contributed by atoms with van der Waals surface area (Å²) in [7, 11) is 3.22. The molecule has 1 amide bonds. The number of hydrogen-bond acceptors (Lipinski definition) is 4. The van der Waals surface area contributed by atoms with Gasteiger partial charge in [0.2, 0.25) is 5.91 Å². The van der Waals surface area contributed by atoms with Crippen molar-refractivity contribution in [3.05, 3.63) is 53.1 Å². The molecule has 0 aliphatic carbocycles. The Balaban J connectivity index is 2.05. The molecule has 6 heteroatoms. The summed E-state index contributed by atoms with van der Waals surface area (Å²) in [5.41, 5.74) is 0.874. The molecule has 0 radical (unpaired) electrons. The van der Waals surface area contributed by atoms with Crippen LogP contribution >= 0.6 is 23.4 Å². The van der Waals surface area contributed by atoms with E-state index in [0.29, 0.717) is 10.8 Å². The molecule has 0 fully saturated rings. The van der Waals surface area contributed by atoms with Crippen molar-refractivity contribution >= 4 is 29.3 Å². The fourth-order valence-corrected chi connectivity index (χ4v) is 3.36. The number of rotatable bonds is 7. The third kappa shape index (κ3) is 5.31. The summed E-state index contributed by atoms with van der Waals surface area (Å²) in [5.74, 6) is 1.39. The van der Waals surface area contributed by atoms with E-state index in [9.17, 15) is 4.79 Å². The number of hydrogen-bond donors (Lipinski definition) is 1. The molecule has 0 heterocycles. The molecule has 25 heavy (non-hydrogen) atoms. The largest absolute Gasteiger partial charge is 0.497 e. The molecule has 0 aliphatic heterocycles. The monoisotopic (exact) mass is 379 g/mol. The first-order chi connectivity index (χ1) is 11.9. The minimum absolute atomic E-state index is 0.0441. The van der Waals surface area contributed by atoms with Gasteiger partial charge in [-0.05, 0) is 56.3 Å². The van der Waals surface area contributed by atoms with Crippen molar-refractivity contribution in [2.75, 3.05) is 14.2 Å². The minimum Gasteiger partial charge on any atom is -0.497 e. The molecule has 134 valence electrons. The molecule has 0 spiro atoms. The molecule has 4 nitrogen and oxygen atoms in total. The average molecular weight is 380 g/mol. The van der Waals surface area contributed by atoms with Crippen LogP contribution in [0.15, 0.2) is 47.4 Å². The fourth-order valence-electron chi connectivity index (χ4n) is 2.36. The van der Waals surface area contributed by atoms with Crippen LogP contribution in [0.4, 0.5) is 0 Å². The van der Waals surface area contributed by atoms with Crippen LogP contribution in [-0.2, 0) is 4.79 Å². The number of thioether (sulfide) groups is 1. The maximum atomic E-state index is 12.5. The van der Waals surface area contributed by atoms with E-state index in [1.165, 1.54) is 11.8 Å². The van der Waals surface area contributed by atoms with Gasteiger partial charge in [-0.3, -0.25) is 4.79 Å². The highest BCUT2D eigenvalue weighted by Crippen LogP contribution is 2.30. The molecular weight excluding hydrogens is 358 g/mol. The normalized spacial score (nSPS) is 13.0. The van der Waals surface area contributed by atoms with E-state index in [-0.39, 0.29) is 17.2 Å². The molecule has 2 rings (SSSR count). The van der Waals surface area contributed by atoms with E-state index in [1.807, 2.05) is 56.3 Å². The average Bonchev–Trinajstić information content (AvgIpc) is 2.62. The lowest BCUT2D eigenvalue weighted by Crippen LogP contribution is -2.33. The number of ether oxygens (including phenoxy) is 2. The highest BCUT2D eigenvalue weighted by Gasteiger charge is 2.20. The van der Waals surface area contributed by atoms with Crippen LogP contribution in [0, 0.1) is 0 Å². The topological polar surface area (TPSA) is 47.6 Å². The molecule has 0 saturated heterocycles. The summed E-state index contributed by atoms with van der Waals surface area (Å²) in [6.45, 7) is 3.80. The molecule has 0 aliphatic rings. The van der Waals surface area contributed by atoms with Crippen LogP contribution in [-0.4, -0.2) is 25.4 Å². The highest BCUT2D eigenvalue weighted by atomic mass is 35.5. The number of carbonyl (C=O) groups is 1. The molecule has 0 bridgehead atoms. The van der Waals surface area contributed by atoms with Crippen LogP contribution in [0.2, 0.25) is 5.02 Å². The van der Waals surface area contributed by atoms with E-state index >= 15 is 0 Å². The van der Waals surface area contributed by atoms with Gasteiger partial charge in [-0.15, -0.1) is 11.8 Å². The summed E-state index contributed by atoms with van der Waals surface area (Å²) in [6.07, 6.45) is 0. The number of benzene rings is 2. The van der Waals surface area contributed by atoms with E-state index < -0.39 is 0 Å². The first-order valence-electron chi connectivity index (χ1n) is 7.89. The Kier molecular flexibility index (Phi) is 7.02. The predicted molar refractivity (Wildman–Crippen MR) is 103 cm³/mol. The van der Waals surface area contributed by atoms with Crippen molar-refractivity contribution in [3.63, 3.8) is 0 Å². The minimum atomic E-state index is -0.236. The first-order valence-corrected chi connectivity index (χ1v) is 9.15. The Hall–Kier alpha value is -1.85. The Labute approximate surface area is 157 Å². The van der Waals surface area contributed by atoms with E-state index in [4.69, 9.17) is 21.1 Å². The first kappa shape index (κ1) is 19.5. The quantitative estimate of drug-likeness (QED) is 0.707. The van der Waals surface area contributed by atoms with E-state index in [1.54, 1.807) is 14.2 Å². The summed E-state index contributed by atoms with van der Waals surface area (Å²) in [4.78, 5) is 13.5. The van der Waals surface area contributed by atoms with Gasteiger partial charge in [0.25, 0.3) is 0 Å². The Morgan fingerprint density at radius 1 is 1.08 bits per heavy atom. The standard InChI is InChI=1S/C19H22ClNO3S/c1-12(17-11-15(23-3)7-10-18(17)24-4)21-19(22)13(2)25-16-8-5-14(20)6-9-16/h5-13H,1-4H3,(H,21,22). The lowest BCUT2D eigenvalue weighted by Gasteiger charge is -2.20. The molecule has 2 aromatic rings. The maximum Gasteiger partial charge on any atom is 0.233 e. The number of amides is 1. The summed E-state index contributed by atoms with van der Waals surface area (Å²) >= 11 is 7.38. The zero-order chi connectivity index (χ0) is 18.4. The van der Waals surface area contributed by atoms with Crippen molar-refractivity contribution < 1.29 is 14.3 Å². The van der Waals surface area contributed by atoms with Crippen molar-refractivity contribution in [1.29, 1.82) is 0 Å². The summed E-state index contributed by atoms with van der Waals surface area (Å²) in [5, 5.41) is 3.48. The van der Waals surface area contributed by atoms with Gasteiger partial charge in [0.05, 0.1) is 25.5 Å². The molecule has 2 atom stereocenters.